The minimum Gasteiger partial charge on any atom is -0.508 e. The molecule has 0 aromatic heterocycles. The molecular weight excluding hydrogens is 260 g/mol. The van der Waals surface area contributed by atoms with Gasteiger partial charge in [0.1, 0.15) is 34.9 Å². The highest BCUT2D eigenvalue weighted by Crippen LogP contribution is 2.45. The van der Waals surface area contributed by atoms with E-state index in [1.165, 1.54) is 24.3 Å². The van der Waals surface area contributed by atoms with E-state index in [0.717, 1.165) is 0 Å². The van der Waals surface area contributed by atoms with E-state index >= 15 is 0 Å². The van der Waals surface area contributed by atoms with Crippen LogP contribution in [0.3, 0.4) is 0 Å². The molecule has 0 spiro atoms. The van der Waals surface area contributed by atoms with Crippen LogP contribution in [-0.2, 0) is 6.42 Å². The fraction of sp³-hybridized carbons (Fsp3) is 0.200. The third-order valence-electron chi connectivity index (χ3n) is 3.48. The van der Waals surface area contributed by atoms with E-state index in [0.29, 0.717) is 29.7 Å². The van der Waals surface area contributed by atoms with Crippen LogP contribution in [0.15, 0.2) is 30.3 Å². The maximum absolute atomic E-state index is 9.86. The van der Waals surface area contributed by atoms with E-state index in [2.05, 4.69) is 0 Å². The van der Waals surface area contributed by atoms with E-state index in [1.54, 1.807) is 6.07 Å². The van der Waals surface area contributed by atoms with E-state index in [9.17, 15) is 20.4 Å². The molecule has 2 aromatic rings. The highest BCUT2D eigenvalue weighted by atomic mass is 16.5. The molecule has 2 aromatic carbocycles. The summed E-state index contributed by atoms with van der Waals surface area (Å²) in [5, 5.41) is 39.0. The summed E-state index contributed by atoms with van der Waals surface area (Å²) >= 11 is 0. The molecule has 0 fully saturated rings. The van der Waals surface area contributed by atoms with Crippen LogP contribution in [0.4, 0.5) is 0 Å². The second-order valence-corrected chi connectivity index (χ2v) is 4.80. The van der Waals surface area contributed by atoms with Gasteiger partial charge in [0.15, 0.2) is 0 Å². The van der Waals surface area contributed by atoms with E-state index in [1.807, 2.05) is 0 Å². The lowest BCUT2D eigenvalue weighted by molar-refractivity contribution is 0.166. The van der Waals surface area contributed by atoms with Gasteiger partial charge in [-0.2, -0.15) is 0 Å². The van der Waals surface area contributed by atoms with Gasteiger partial charge in [-0.3, -0.25) is 0 Å². The van der Waals surface area contributed by atoms with Gasteiger partial charge in [-0.15, -0.1) is 0 Å². The molecule has 0 saturated carbocycles. The van der Waals surface area contributed by atoms with Crippen LogP contribution in [0.2, 0.25) is 0 Å². The molecule has 0 unspecified atom stereocenters. The Morgan fingerprint density at radius 3 is 2.35 bits per heavy atom. The van der Waals surface area contributed by atoms with Crippen LogP contribution in [0.5, 0.6) is 28.7 Å². The van der Waals surface area contributed by atoms with Crippen molar-refractivity contribution in [2.24, 2.45) is 0 Å². The molecule has 0 amide bonds. The SMILES string of the molecule is Oc1cc(O)c2c(c1)O[C@@H](c1c(O)cccc1O)CC2. The van der Waals surface area contributed by atoms with Gasteiger partial charge in [0, 0.05) is 17.7 Å². The summed E-state index contributed by atoms with van der Waals surface area (Å²) in [5.41, 5.74) is 0.940. The quantitative estimate of drug-likeness (QED) is 0.641. The Bertz CT molecular complexity index is 645. The average molecular weight is 274 g/mol. The zero-order valence-corrected chi connectivity index (χ0v) is 10.6. The third kappa shape index (κ3) is 1.97. The number of fused-ring (bicyclic) bond motifs is 1. The smallest absolute Gasteiger partial charge is 0.131 e. The monoisotopic (exact) mass is 274 g/mol. The van der Waals surface area contributed by atoms with Crippen molar-refractivity contribution in [1.29, 1.82) is 0 Å². The molecule has 0 saturated heterocycles. The first-order valence-electron chi connectivity index (χ1n) is 6.28. The van der Waals surface area contributed by atoms with Crippen molar-refractivity contribution < 1.29 is 25.2 Å². The molecule has 5 heteroatoms. The predicted molar refractivity (Wildman–Crippen MR) is 71.2 cm³/mol. The minimum atomic E-state index is -0.523. The molecule has 4 N–H and O–H groups in total. The van der Waals surface area contributed by atoms with Crippen molar-refractivity contribution in [2.75, 3.05) is 0 Å². The molecule has 0 bridgehead atoms. The first-order valence-corrected chi connectivity index (χ1v) is 6.28. The molecule has 0 radical (unpaired) electrons. The summed E-state index contributed by atoms with van der Waals surface area (Å²) in [7, 11) is 0. The van der Waals surface area contributed by atoms with Gasteiger partial charge in [-0.05, 0) is 25.0 Å². The lowest BCUT2D eigenvalue weighted by Crippen LogP contribution is -2.15. The molecule has 3 rings (SSSR count). The Hall–Kier alpha value is -2.56. The van der Waals surface area contributed by atoms with Gasteiger partial charge in [0.25, 0.3) is 0 Å². The molecule has 1 aliphatic rings. The molecule has 1 heterocycles. The number of ether oxygens (including phenoxy) is 1. The zero-order valence-electron chi connectivity index (χ0n) is 10.6. The van der Waals surface area contributed by atoms with Crippen molar-refractivity contribution in [1.82, 2.24) is 0 Å². The predicted octanol–water partition coefficient (Wildman–Crippen LogP) is 2.58. The molecule has 1 aliphatic heterocycles. The van der Waals surface area contributed by atoms with Crippen LogP contribution in [0, 0.1) is 0 Å². The lowest BCUT2D eigenvalue weighted by atomic mass is 9.95. The number of benzene rings is 2. The molecule has 5 nitrogen and oxygen atoms in total. The number of hydrogen-bond acceptors (Lipinski definition) is 5. The van der Waals surface area contributed by atoms with Crippen LogP contribution in [0.25, 0.3) is 0 Å². The molecular formula is C15H14O5. The highest BCUT2D eigenvalue weighted by molar-refractivity contribution is 5.52. The largest absolute Gasteiger partial charge is 0.508 e. The van der Waals surface area contributed by atoms with Gasteiger partial charge in [0.05, 0.1) is 5.56 Å². The Morgan fingerprint density at radius 1 is 0.950 bits per heavy atom. The number of rotatable bonds is 1. The highest BCUT2D eigenvalue weighted by Gasteiger charge is 2.28. The topological polar surface area (TPSA) is 90.2 Å². The number of phenolic OH excluding ortho intramolecular Hbond substituents is 4. The fourth-order valence-corrected chi connectivity index (χ4v) is 2.53. The standard InChI is InChI=1S/C15H14O5/c16-8-6-12(19)9-4-5-13(20-14(9)7-8)15-10(17)2-1-3-11(15)18/h1-3,6-7,13,16-19H,4-5H2/t13-/m1/s1. The maximum Gasteiger partial charge on any atom is 0.131 e. The average Bonchev–Trinajstić information content (AvgIpc) is 2.37. The summed E-state index contributed by atoms with van der Waals surface area (Å²) in [6, 6.07) is 7.18. The third-order valence-corrected chi connectivity index (χ3v) is 3.48. The maximum atomic E-state index is 9.86. The van der Waals surface area contributed by atoms with E-state index in [-0.39, 0.29) is 23.0 Å². The van der Waals surface area contributed by atoms with Crippen molar-refractivity contribution in [3.05, 3.63) is 41.5 Å². The Labute approximate surface area is 115 Å². The van der Waals surface area contributed by atoms with Crippen LogP contribution >= 0.6 is 0 Å². The number of aromatic hydroxyl groups is 4. The normalized spacial score (nSPS) is 17.3. The van der Waals surface area contributed by atoms with Gasteiger partial charge < -0.3 is 25.2 Å². The Morgan fingerprint density at radius 2 is 1.65 bits per heavy atom. The first-order chi connectivity index (χ1) is 9.56. The molecule has 104 valence electrons. The second-order valence-electron chi connectivity index (χ2n) is 4.80. The van der Waals surface area contributed by atoms with Crippen LogP contribution in [0.1, 0.15) is 23.7 Å². The zero-order chi connectivity index (χ0) is 14.3. The van der Waals surface area contributed by atoms with Crippen LogP contribution < -0.4 is 4.74 Å². The minimum absolute atomic E-state index is 0.0139. The second kappa shape index (κ2) is 4.52. The van der Waals surface area contributed by atoms with E-state index in [4.69, 9.17) is 4.74 Å². The van der Waals surface area contributed by atoms with Crippen molar-refractivity contribution in [3.8, 4) is 28.7 Å². The van der Waals surface area contributed by atoms with Gasteiger partial charge in [-0.25, -0.2) is 0 Å². The summed E-state index contributed by atoms with van der Waals surface area (Å²) in [5.74, 6) is 0.176. The van der Waals surface area contributed by atoms with Crippen molar-refractivity contribution in [3.63, 3.8) is 0 Å². The summed E-state index contributed by atoms with van der Waals surface area (Å²) < 4.78 is 5.70. The van der Waals surface area contributed by atoms with Gasteiger partial charge in [-0.1, -0.05) is 6.07 Å². The van der Waals surface area contributed by atoms with Crippen molar-refractivity contribution >= 4 is 0 Å². The molecule has 20 heavy (non-hydrogen) atoms. The summed E-state index contributed by atoms with van der Waals surface area (Å²) in [4.78, 5) is 0. The Balaban J connectivity index is 2.00. The summed E-state index contributed by atoms with van der Waals surface area (Å²) in [6.45, 7) is 0. The number of hydrogen-bond donors (Lipinski definition) is 4. The number of phenols is 4. The van der Waals surface area contributed by atoms with Gasteiger partial charge >= 0.3 is 0 Å². The molecule has 0 aliphatic carbocycles. The van der Waals surface area contributed by atoms with Crippen LogP contribution in [-0.4, -0.2) is 20.4 Å². The Kier molecular flexibility index (Phi) is 2.82. The van der Waals surface area contributed by atoms with E-state index < -0.39 is 6.10 Å². The fourth-order valence-electron chi connectivity index (χ4n) is 2.53. The van der Waals surface area contributed by atoms with Gasteiger partial charge in [0.2, 0.25) is 0 Å². The van der Waals surface area contributed by atoms with Crippen molar-refractivity contribution in [2.45, 2.75) is 18.9 Å². The summed E-state index contributed by atoms with van der Waals surface area (Å²) in [6.07, 6.45) is 0.515. The lowest BCUT2D eigenvalue weighted by Gasteiger charge is -2.27. The molecule has 1 atom stereocenters. The first kappa shape index (κ1) is 12.5.